The lowest BCUT2D eigenvalue weighted by Crippen LogP contribution is -2.52. The summed E-state index contributed by atoms with van der Waals surface area (Å²) in [5, 5.41) is 0. The molecule has 1 aromatic carbocycles. The van der Waals surface area contributed by atoms with Crippen molar-refractivity contribution in [3.05, 3.63) is 59.9 Å². The molecule has 1 aliphatic heterocycles. The molecule has 132 valence electrons. The second kappa shape index (κ2) is 8.01. The van der Waals surface area contributed by atoms with Gasteiger partial charge in [-0.25, -0.2) is 4.79 Å². The lowest BCUT2D eigenvalue weighted by molar-refractivity contribution is 0.160. The summed E-state index contributed by atoms with van der Waals surface area (Å²) in [7, 11) is 1.89. The van der Waals surface area contributed by atoms with E-state index in [9.17, 15) is 4.79 Å². The van der Waals surface area contributed by atoms with Gasteiger partial charge in [0.05, 0.1) is 0 Å². The average Bonchev–Trinajstić information content (AvgIpc) is 2.66. The van der Waals surface area contributed by atoms with Gasteiger partial charge in [-0.15, -0.1) is 0 Å². The number of piperazine rings is 1. The predicted molar refractivity (Wildman–Crippen MR) is 101 cm³/mol. The molecule has 0 aliphatic carbocycles. The minimum atomic E-state index is 0.123. The van der Waals surface area contributed by atoms with Crippen LogP contribution in [0.1, 0.15) is 11.1 Å². The van der Waals surface area contributed by atoms with Gasteiger partial charge in [0.25, 0.3) is 0 Å². The quantitative estimate of drug-likeness (QED) is 0.861. The van der Waals surface area contributed by atoms with Gasteiger partial charge in [-0.2, -0.15) is 0 Å². The van der Waals surface area contributed by atoms with Crippen molar-refractivity contribution in [3.8, 4) is 0 Å². The number of carbonyl (C=O) groups is 1. The van der Waals surface area contributed by atoms with Gasteiger partial charge in [-0.3, -0.25) is 4.98 Å². The van der Waals surface area contributed by atoms with E-state index in [4.69, 9.17) is 0 Å². The Morgan fingerprint density at radius 2 is 1.84 bits per heavy atom. The number of nitrogens with zero attached hydrogens (tertiary/aromatic N) is 4. The molecule has 3 rings (SSSR count). The monoisotopic (exact) mass is 338 g/mol. The third kappa shape index (κ3) is 4.50. The van der Waals surface area contributed by atoms with Gasteiger partial charge in [0.1, 0.15) is 0 Å². The molecule has 1 aliphatic rings. The van der Waals surface area contributed by atoms with Crippen molar-refractivity contribution in [2.45, 2.75) is 13.3 Å². The lowest BCUT2D eigenvalue weighted by Gasteiger charge is -2.37. The smallest absolute Gasteiger partial charge is 0.319 e. The highest BCUT2D eigenvalue weighted by atomic mass is 16.2. The Kier molecular flexibility index (Phi) is 5.53. The number of likely N-dealkylation sites (N-methyl/N-ethyl adjacent to an activating group) is 1. The first-order valence-corrected chi connectivity index (χ1v) is 8.84. The van der Waals surface area contributed by atoms with Crippen molar-refractivity contribution in [2.75, 3.05) is 44.7 Å². The van der Waals surface area contributed by atoms with Gasteiger partial charge in [-0.05, 0) is 48.7 Å². The molecule has 0 bridgehead atoms. The third-order valence-electron chi connectivity index (χ3n) is 4.73. The van der Waals surface area contributed by atoms with E-state index in [1.54, 1.807) is 12.4 Å². The number of benzene rings is 1. The standard InChI is InChI=1S/C20H26N4O/c1-17-4-3-5-19(16-17)23-12-14-24(15-13-23)20(25)22(2)11-8-18-6-9-21-10-7-18/h3-7,9-10,16H,8,11-15H2,1-2H3. The Hall–Kier alpha value is -2.56. The number of rotatable bonds is 4. The van der Waals surface area contributed by atoms with Crippen LogP contribution in [0.4, 0.5) is 10.5 Å². The fourth-order valence-corrected chi connectivity index (χ4v) is 3.16. The van der Waals surface area contributed by atoms with E-state index in [2.05, 4.69) is 41.1 Å². The molecule has 0 N–H and O–H groups in total. The van der Waals surface area contributed by atoms with Crippen LogP contribution in [0.25, 0.3) is 0 Å². The molecule has 5 nitrogen and oxygen atoms in total. The Morgan fingerprint density at radius 3 is 2.52 bits per heavy atom. The van der Waals surface area contributed by atoms with Gasteiger partial charge < -0.3 is 14.7 Å². The lowest BCUT2D eigenvalue weighted by atomic mass is 10.2. The molecule has 2 heterocycles. The molecule has 0 spiro atoms. The number of pyridine rings is 1. The van der Waals surface area contributed by atoms with E-state index >= 15 is 0 Å². The number of aromatic nitrogens is 1. The molecule has 0 saturated carbocycles. The maximum absolute atomic E-state index is 12.6. The highest BCUT2D eigenvalue weighted by molar-refractivity contribution is 5.74. The van der Waals surface area contributed by atoms with Crippen molar-refractivity contribution < 1.29 is 4.79 Å². The number of aryl methyl sites for hydroxylation is 1. The number of carbonyl (C=O) groups excluding carboxylic acids is 1. The maximum atomic E-state index is 12.6. The molecule has 0 atom stereocenters. The zero-order valence-corrected chi connectivity index (χ0v) is 15.1. The van der Waals surface area contributed by atoms with E-state index in [0.29, 0.717) is 0 Å². The molecule has 1 fully saturated rings. The summed E-state index contributed by atoms with van der Waals surface area (Å²) < 4.78 is 0. The molecule has 1 aromatic heterocycles. The topological polar surface area (TPSA) is 39.7 Å². The van der Waals surface area contributed by atoms with Crippen LogP contribution in [0.5, 0.6) is 0 Å². The van der Waals surface area contributed by atoms with Crippen LogP contribution >= 0.6 is 0 Å². The summed E-state index contributed by atoms with van der Waals surface area (Å²) in [6, 6.07) is 12.7. The SMILES string of the molecule is Cc1cccc(N2CCN(C(=O)N(C)CCc3ccncc3)CC2)c1. The molecule has 2 amide bonds. The second-order valence-electron chi connectivity index (χ2n) is 6.62. The van der Waals surface area contributed by atoms with Crippen LogP contribution in [-0.2, 0) is 6.42 Å². The summed E-state index contributed by atoms with van der Waals surface area (Å²) >= 11 is 0. The minimum absolute atomic E-state index is 0.123. The minimum Gasteiger partial charge on any atom is -0.368 e. The van der Waals surface area contributed by atoms with E-state index < -0.39 is 0 Å². The molecule has 5 heteroatoms. The van der Waals surface area contributed by atoms with Crippen molar-refractivity contribution in [1.82, 2.24) is 14.8 Å². The van der Waals surface area contributed by atoms with Crippen LogP contribution in [-0.4, -0.2) is 60.6 Å². The molecule has 25 heavy (non-hydrogen) atoms. The molecular weight excluding hydrogens is 312 g/mol. The van der Waals surface area contributed by atoms with Crippen molar-refractivity contribution in [3.63, 3.8) is 0 Å². The van der Waals surface area contributed by atoms with E-state index in [1.807, 2.05) is 29.0 Å². The number of urea groups is 1. The highest BCUT2D eigenvalue weighted by Gasteiger charge is 2.23. The molecule has 2 aromatic rings. The average molecular weight is 338 g/mol. The largest absolute Gasteiger partial charge is 0.368 e. The number of anilines is 1. The number of hydrogen-bond donors (Lipinski definition) is 0. The highest BCUT2D eigenvalue weighted by Crippen LogP contribution is 2.18. The third-order valence-corrected chi connectivity index (χ3v) is 4.73. The summed E-state index contributed by atoms with van der Waals surface area (Å²) in [6.45, 7) is 6.14. The Balaban J connectivity index is 1.49. The Morgan fingerprint density at radius 1 is 1.12 bits per heavy atom. The van der Waals surface area contributed by atoms with Crippen molar-refractivity contribution in [1.29, 1.82) is 0 Å². The van der Waals surface area contributed by atoms with Crippen LogP contribution in [0.3, 0.4) is 0 Å². The van der Waals surface area contributed by atoms with Gasteiger partial charge >= 0.3 is 6.03 Å². The molecular formula is C20H26N4O. The van der Waals surface area contributed by atoms with Crippen molar-refractivity contribution >= 4 is 11.7 Å². The first-order chi connectivity index (χ1) is 12.1. The van der Waals surface area contributed by atoms with E-state index in [0.717, 1.165) is 39.1 Å². The van der Waals surface area contributed by atoms with Gasteiger partial charge in [0, 0.05) is 57.9 Å². The zero-order valence-electron chi connectivity index (χ0n) is 15.1. The van der Waals surface area contributed by atoms with Crippen LogP contribution in [0.15, 0.2) is 48.8 Å². The van der Waals surface area contributed by atoms with Crippen LogP contribution in [0.2, 0.25) is 0 Å². The first-order valence-electron chi connectivity index (χ1n) is 8.84. The first kappa shape index (κ1) is 17.3. The summed E-state index contributed by atoms with van der Waals surface area (Å²) in [6.07, 6.45) is 4.44. The normalized spacial score (nSPS) is 14.5. The Labute approximate surface area is 149 Å². The van der Waals surface area contributed by atoms with E-state index in [-0.39, 0.29) is 6.03 Å². The van der Waals surface area contributed by atoms with Gasteiger partial charge in [0.2, 0.25) is 0 Å². The van der Waals surface area contributed by atoms with Gasteiger partial charge in [0.15, 0.2) is 0 Å². The second-order valence-corrected chi connectivity index (χ2v) is 6.62. The summed E-state index contributed by atoms with van der Waals surface area (Å²) in [4.78, 5) is 22.8. The van der Waals surface area contributed by atoms with Crippen LogP contribution in [0, 0.1) is 6.92 Å². The van der Waals surface area contributed by atoms with E-state index in [1.165, 1.54) is 16.8 Å². The fraction of sp³-hybridized carbons (Fsp3) is 0.400. The predicted octanol–water partition coefficient (Wildman–Crippen LogP) is 2.81. The molecule has 1 saturated heterocycles. The van der Waals surface area contributed by atoms with Gasteiger partial charge in [-0.1, -0.05) is 12.1 Å². The molecule has 0 unspecified atom stereocenters. The number of hydrogen-bond acceptors (Lipinski definition) is 3. The van der Waals surface area contributed by atoms with Crippen molar-refractivity contribution in [2.24, 2.45) is 0 Å². The Bertz CT molecular complexity index is 696. The number of amides is 2. The fourth-order valence-electron chi connectivity index (χ4n) is 3.16. The summed E-state index contributed by atoms with van der Waals surface area (Å²) in [5.41, 5.74) is 3.73. The summed E-state index contributed by atoms with van der Waals surface area (Å²) in [5.74, 6) is 0. The van der Waals surface area contributed by atoms with Crippen LogP contribution < -0.4 is 4.90 Å². The zero-order chi connectivity index (χ0) is 17.6. The molecule has 0 radical (unpaired) electrons. The maximum Gasteiger partial charge on any atom is 0.319 e.